The largest absolute Gasteiger partial charge is 0.354 e. The van der Waals surface area contributed by atoms with Gasteiger partial charge in [0.25, 0.3) is 0 Å². The minimum Gasteiger partial charge on any atom is -0.354 e. The van der Waals surface area contributed by atoms with Gasteiger partial charge in [-0.05, 0) is 49.8 Å². The Hall–Kier alpha value is -1.35. The molecule has 0 aliphatic carbocycles. The Kier molecular flexibility index (Phi) is 5.04. The van der Waals surface area contributed by atoms with Crippen molar-refractivity contribution in [1.29, 1.82) is 0 Å². The minimum absolute atomic E-state index is 0.117. The van der Waals surface area contributed by atoms with Crippen molar-refractivity contribution in [3.8, 4) is 0 Å². The van der Waals surface area contributed by atoms with Crippen molar-refractivity contribution in [1.82, 2.24) is 10.6 Å². The molecule has 0 aromatic heterocycles. The van der Waals surface area contributed by atoms with Crippen LogP contribution in [0.4, 0.5) is 0 Å². The van der Waals surface area contributed by atoms with E-state index in [0.717, 1.165) is 18.7 Å². The van der Waals surface area contributed by atoms with Crippen LogP contribution in [-0.4, -0.2) is 25.0 Å². The summed E-state index contributed by atoms with van der Waals surface area (Å²) in [5.41, 5.74) is 3.78. The first-order valence-electron chi connectivity index (χ1n) is 7.95. The van der Waals surface area contributed by atoms with Crippen molar-refractivity contribution in [2.75, 3.05) is 13.1 Å². The first kappa shape index (κ1) is 16.0. The maximum absolute atomic E-state index is 12.2. The van der Waals surface area contributed by atoms with E-state index in [2.05, 4.69) is 56.5 Å². The van der Waals surface area contributed by atoms with Gasteiger partial charge in [-0.2, -0.15) is 0 Å². The van der Waals surface area contributed by atoms with Gasteiger partial charge in [0, 0.05) is 12.6 Å². The van der Waals surface area contributed by atoms with E-state index < -0.39 is 0 Å². The Bertz CT molecular complexity index is 508. The van der Waals surface area contributed by atoms with Crippen LogP contribution in [0, 0.1) is 19.3 Å². The van der Waals surface area contributed by atoms with Gasteiger partial charge in [0.05, 0.1) is 6.42 Å². The first-order valence-corrected chi connectivity index (χ1v) is 7.95. The standard InChI is InChI=1S/C18H28N2O/c1-13-6-7-14(2)15(10-13)11-17(21)20-12-16-18(3,4)8-5-9-19-16/h6-7,10,16,19H,5,8-9,11-12H2,1-4H3,(H,20,21). The molecule has 1 aliphatic heterocycles. The molecular weight excluding hydrogens is 260 g/mol. The van der Waals surface area contributed by atoms with Gasteiger partial charge in [-0.3, -0.25) is 4.79 Å². The number of carbonyl (C=O) groups is 1. The van der Waals surface area contributed by atoms with Crippen molar-refractivity contribution in [2.24, 2.45) is 5.41 Å². The highest BCUT2D eigenvalue weighted by atomic mass is 16.1. The molecule has 2 N–H and O–H groups in total. The van der Waals surface area contributed by atoms with E-state index in [1.165, 1.54) is 24.0 Å². The van der Waals surface area contributed by atoms with Crippen molar-refractivity contribution < 1.29 is 4.79 Å². The zero-order valence-electron chi connectivity index (χ0n) is 13.8. The molecule has 1 atom stereocenters. The van der Waals surface area contributed by atoms with E-state index >= 15 is 0 Å². The van der Waals surface area contributed by atoms with Gasteiger partial charge in [0.2, 0.25) is 5.91 Å². The third kappa shape index (κ3) is 4.31. The smallest absolute Gasteiger partial charge is 0.224 e. The molecule has 0 saturated carbocycles. The van der Waals surface area contributed by atoms with Crippen molar-refractivity contribution >= 4 is 5.91 Å². The predicted octanol–water partition coefficient (Wildman–Crippen LogP) is 2.74. The quantitative estimate of drug-likeness (QED) is 0.894. The zero-order valence-corrected chi connectivity index (χ0v) is 13.8. The third-order valence-electron chi connectivity index (χ3n) is 4.69. The Labute approximate surface area is 128 Å². The molecule has 0 radical (unpaired) electrons. The van der Waals surface area contributed by atoms with Crippen molar-refractivity contribution in [2.45, 2.75) is 53.0 Å². The summed E-state index contributed by atoms with van der Waals surface area (Å²) in [6.45, 7) is 10.5. The summed E-state index contributed by atoms with van der Waals surface area (Å²) in [7, 11) is 0. The van der Waals surface area contributed by atoms with Gasteiger partial charge in [0.15, 0.2) is 0 Å². The van der Waals surface area contributed by atoms with Crippen molar-refractivity contribution in [3.05, 3.63) is 34.9 Å². The summed E-state index contributed by atoms with van der Waals surface area (Å²) < 4.78 is 0. The molecule has 1 unspecified atom stereocenters. The third-order valence-corrected chi connectivity index (χ3v) is 4.69. The van der Waals surface area contributed by atoms with Gasteiger partial charge < -0.3 is 10.6 Å². The van der Waals surface area contributed by atoms with Crippen LogP contribution in [0.3, 0.4) is 0 Å². The molecule has 1 aromatic rings. The van der Waals surface area contributed by atoms with E-state index in [9.17, 15) is 4.79 Å². The van der Waals surface area contributed by atoms with Gasteiger partial charge in [-0.15, -0.1) is 0 Å². The fourth-order valence-corrected chi connectivity index (χ4v) is 3.06. The Balaban J connectivity index is 1.89. The van der Waals surface area contributed by atoms with E-state index in [4.69, 9.17) is 0 Å². The molecule has 1 fully saturated rings. The molecule has 1 aromatic carbocycles. The number of nitrogens with one attached hydrogen (secondary N) is 2. The summed E-state index contributed by atoms with van der Waals surface area (Å²) in [5.74, 6) is 0.117. The van der Waals surface area contributed by atoms with Crippen LogP contribution in [0.1, 0.15) is 43.4 Å². The Morgan fingerprint density at radius 1 is 1.38 bits per heavy atom. The van der Waals surface area contributed by atoms with Crippen LogP contribution >= 0.6 is 0 Å². The molecule has 2 rings (SSSR count). The van der Waals surface area contributed by atoms with E-state index in [-0.39, 0.29) is 11.3 Å². The average Bonchev–Trinajstić information content (AvgIpc) is 2.41. The zero-order chi connectivity index (χ0) is 15.5. The second-order valence-corrected chi connectivity index (χ2v) is 7.01. The normalized spacial score (nSPS) is 21.0. The van der Waals surface area contributed by atoms with E-state index in [1.807, 2.05) is 0 Å². The molecule has 1 aliphatic rings. The molecule has 21 heavy (non-hydrogen) atoms. The number of hydrogen-bond donors (Lipinski definition) is 2. The maximum Gasteiger partial charge on any atom is 0.224 e. The van der Waals surface area contributed by atoms with Crippen LogP contribution in [0.2, 0.25) is 0 Å². The van der Waals surface area contributed by atoms with E-state index in [1.54, 1.807) is 0 Å². The second kappa shape index (κ2) is 6.61. The first-order chi connectivity index (χ1) is 9.88. The fraction of sp³-hybridized carbons (Fsp3) is 0.611. The number of piperidine rings is 1. The molecule has 116 valence electrons. The number of carbonyl (C=O) groups excluding carboxylic acids is 1. The minimum atomic E-state index is 0.117. The summed E-state index contributed by atoms with van der Waals surface area (Å²) in [5, 5.41) is 6.64. The molecular formula is C18H28N2O. The fourth-order valence-electron chi connectivity index (χ4n) is 3.06. The Morgan fingerprint density at radius 2 is 2.14 bits per heavy atom. The lowest BCUT2D eigenvalue weighted by Crippen LogP contribution is -2.53. The summed E-state index contributed by atoms with van der Waals surface area (Å²) >= 11 is 0. The van der Waals surface area contributed by atoms with Crippen LogP contribution in [0.5, 0.6) is 0 Å². The van der Waals surface area contributed by atoms with Gasteiger partial charge >= 0.3 is 0 Å². The monoisotopic (exact) mass is 288 g/mol. The highest BCUT2D eigenvalue weighted by molar-refractivity contribution is 5.79. The van der Waals surface area contributed by atoms with Gasteiger partial charge in [0.1, 0.15) is 0 Å². The molecule has 3 heteroatoms. The topological polar surface area (TPSA) is 41.1 Å². The number of amides is 1. The maximum atomic E-state index is 12.2. The number of rotatable bonds is 4. The molecule has 1 heterocycles. The van der Waals surface area contributed by atoms with Crippen molar-refractivity contribution in [3.63, 3.8) is 0 Å². The highest BCUT2D eigenvalue weighted by Gasteiger charge is 2.31. The van der Waals surface area contributed by atoms with E-state index in [0.29, 0.717) is 12.5 Å². The number of benzene rings is 1. The SMILES string of the molecule is Cc1ccc(C)c(CC(=O)NCC2NCCCC2(C)C)c1. The average molecular weight is 288 g/mol. The lowest BCUT2D eigenvalue weighted by Gasteiger charge is -2.39. The molecule has 3 nitrogen and oxygen atoms in total. The van der Waals surface area contributed by atoms with Crippen LogP contribution in [0.25, 0.3) is 0 Å². The second-order valence-electron chi connectivity index (χ2n) is 7.01. The molecule has 0 bridgehead atoms. The van der Waals surface area contributed by atoms with Crippen LogP contribution in [-0.2, 0) is 11.2 Å². The lowest BCUT2D eigenvalue weighted by atomic mass is 9.77. The molecule has 1 amide bonds. The number of aryl methyl sites for hydroxylation is 2. The van der Waals surface area contributed by atoms with Gasteiger partial charge in [-0.25, -0.2) is 0 Å². The lowest BCUT2D eigenvalue weighted by molar-refractivity contribution is -0.120. The molecule has 1 saturated heterocycles. The molecule has 0 spiro atoms. The summed E-state index contributed by atoms with van der Waals surface area (Å²) in [6.07, 6.45) is 2.91. The highest BCUT2D eigenvalue weighted by Crippen LogP contribution is 2.29. The predicted molar refractivity (Wildman–Crippen MR) is 87.4 cm³/mol. The summed E-state index contributed by atoms with van der Waals surface area (Å²) in [4.78, 5) is 12.2. The van der Waals surface area contributed by atoms with Gasteiger partial charge in [-0.1, -0.05) is 37.6 Å². The summed E-state index contributed by atoms with van der Waals surface area (Å²) in [6, 6.07) is 6.65. The van der Waals surface area contributed by atoms with Crippen LogP contribution in [0.15, 0.2) is 18.2 Å². The Morgan fingerprint density at radius 3 is 2.86 bits per heavy atom. The number of hydrogen-bond acceptors (Lipinski definition) is 2. The van der Waals surface area contributed by atoms with Crippen LogP contribution < -0.4 is 10.6 Å².